The molecule has 6 nitrogen and oxygen atoms in total. The van der Waals surface area contributed by atoms with Crippen LogP contribution in [0.15, 0.2) is 42.5 Å². The zero-order chi connectivity index (χ0) is 19.1. The average molecular weight is 356 g/mol. The third-order valence-corrected chi connectivity index (χ3v) is 3.92. The topological polar surface area (TPSA) is 76.7 Å². The summed E-state index contributed by atoms with van der Waals surface area (Å²) in [5.74, 6) is 1.17. The highest BCUT2D eigenvalue weighted by atomic mass is 16.5. The second-order valence-electron chi connectivity index (χ2n) is 5.95. The number of hydrogen-bond acceptors (Lipinski definition) is 4. The van der Waals surface area contributed by atoms with Crippen LogP contribution >= 0.6 is 0 Å². The van der Waals surface area contributed by atoms with Crippen molar-refractivity contribution in [2.45, 2.75) is 26.3 Å². The summed E-state index contributed by atoms with van der Waals surface area (Å²) >= 11 is 0. The number of benzene rings is 2. The molecule has 0 heterocycles. The lowest BCUT2D eigenvalue weighted by Gasteiger charge is -2.18. The Morgan fingerprint density at radius 2 is 1.73 bits per heavy atom. The number of amides is 2. The Labute approximate surface area is 153 Å². The number of carbonyl (C=O) groups is 2. The molecule has 2 amide bonds. The maximum absolute atomic E-state index is 12.4. The van der Waals surface area contributed by atoms with Gasteiger partial charge in [-0.25, -0.2) is 0 Å². The van der Waals surface area contributed by atoms with Crippen LogP contribution in [0.3, 0.4) is 0 Å². The van der Waals surface area contributed by atoms with E-state index in [-0.39, 0.29) is 24.3 Å². The molecule has 0 unspecified atom stereocenters. The van der Waals surface area contributed by atoms with Crippen LogP contribution < -0.4 is 20.1 Å². The second-order valence-corrected chi connectivity index (χ2v) is 5.95. The van der Waals surface area contributed by atoms with Crippen molar-refractivity contribution >= 4 is 17.5 Å². The Morgan fingerprint density at radius 3 is 2.31 bits per heavy atom. The molecule has 0 aromatic heterocycles. The zero-order valence-electron chi connectivity index (χ0n) is 15.5. The van der Waals surface area contributed by atoms with Gasteiger partial charge in [0.05, 0.1) is 26.7 Å². The highest BCUT2D eigenvalue weighted by Crippen LogP contribution is 2.29. The van der Waals surface area contributed by atoms with E-state index in [2.05, 4.69) is 10.6 Å². The van der Waals surface area contributed by atoms with Gasteiger partial charge in [0, 0.05) is 18.2 Å². The first-order valence-corrected chi connectivity index (χ1v) is 8.30. The number of carbonyl (C=O) groups excluding carboxylic acids is 2. The summed E-state index contributed by atoms with van der Waals surface area (Å²) in [6.07, 6.45) is 0.247. The smallest absolute Gasteiger partial charge is 0.224 e. The zero-order valence-corrected chi connectivity index (χ0v) is 15.5. The largest absolute Gasteiger partial charge is 0.497 e. The Bertz CT molecular complexity index is 772. The van der Waals surface area contributed by atoms with Gasteiger partial charge >= 0.3 is 0 Å². The minimum atomic E-state index is -0.230. The predicted octanol–water partition coefficient (Wildman–Crippen LogP) is 3.08. The fraction of sp³-hybridized carbons (Fsp3) is 0.300. The Hall–Kier alpha value is -3.02. The highest BCUT2D eigenvalue weighted by molar-refractivity contribution is 5.88. The number of rotatable bonds is 7. The molecule has 26 heavy (non-hydrogen) atoms. The SMILES string of the molecule is COc1ccc(OC)c([C@H](C)NC(=O)Cc2ccc(NC(C)=O)cc2)c1. The number of methoxy groups -OCH3 is 2. The van der Waals surface area contributed by atoms with Crippen molar-refractivity contribution in [3.8, 4) is 11.5 Å². The lowest BCUT2D eigenvalue weighted by atomic mass is 10.1. The summed E-state index contributed by atoms with van der Waals surface area (Å²) in [6.45, 7) is 3.35. The molecular formula is C20H24N2O4. The molecule has 0 aliphatic rings. The van der Waals surface area contributed by atoms with Gasteiger partial charge in [0.15, 0.2) is 0 Å². The molecule has 0 saturated heterocycles. The van der Waals surface area contributed by atoms with E-state index in [0.29, 0.717) is 17.2 Å². The molecule has 0 bridgehead atoms. The monoisotopic (exact) mass is 356 g/mol. The van der Waals surface area contributed by atoms with E-state index in [1.807, 2.05) is 37.3 Å². The fourth-order valence-electron chi connectivity index (χ4n) is 2.64. The first-order valence-electron chi connectivity index (χ1n) is 8.30. The van der Waals surface area contributed by atoms with E-state index in [0.717, 1.165) is 11.1 Å². The number of hydrogen-bond donors (Lipinski definition) is 2. The summed E-state index contributed by atoms with van der Waals surface area (Å²) in [5.41, 5.74) is 2.42. The van der Waals surface area contributed by atoms with Crippen molar-refractivity contribution < 1.29 is 19.1 Å². The molecule has 138 valence electrons. The van der Waals surface area contributed by atoms with E-state index >= 15 is 0 Å². The molecule has 0 fully saturated rings. The van der Waals surface area contributed by atoms with E-state index in [9.17, 15) is 9.59 Å². The summed E-state index contributed by atoms with van der Waals surface area (Å²) in [7, 11) is 3.19. The number of ether oxygens (including phenoxy) is 2. The van der Waals surface area contributed by atoms with Crippen LogP contribution in [0.5, 0.6) is 11.5 Å². The normalized spacial score (nSPS) is 11.4. The van der Waals surface area contributed by atoms with Crippen LogP contribution in [0.25, 0.3) is 0 Å². The Balaban J connectivity index is 2.02. The molecule has 0 aliphatic carbocycles. The molecule has 0 radical (unpaired) electrons. The number of nitrogens with one attached hydrogen (secondary N) is 2. The molecule has 2 aromatic rings. The lowest BCUT2D eigenvalue weighted by Crippen LogP contribution is -2.28. The maximum Gasteiger partial charge on any atom is 0.224 e. The summed E-state index contributed by atoms with van der Waals surface area (Å²) in [4.78, 5) is 23.4. The lowest BCUT2D eigenvalue weighted by molar-refractivity contribution is -0.121. The third-order valence-electron chi connectivity index (χ3n) is 3.92. The quantitative estimate of drug-likeness (QED) is 0.799. The van der Waals surface area contributed by atoms with Crippen LogP contribution in [-0.2, 0) is 16.0 Å². The van der Waals surface area contributed by atoms with Crippen LogP contribution in [0.4, 0.5) is 5.69 Å². The minimum Gasteiger partial charge on any atom is -0.497 e. The standard InChI is InChI=1S/C20H24N2O4/c1-13(18-12-17(25-3)9-10-19(18)26-4)21-20(24)11-15-5-7-16(8-6-15)22-14(2)23/h5-10,12-13H,11H2,1-4H3,(H,21,24)(H,22,23)/t13-/m0/s1. The van der Waals surface area contributed by atoms with Gasteiger partial charge in [-0.05, 0) is 42.8 Å². The van der Waals surface area contributed by atoms with Gasteiger partial charge in [-0.3, -0.25) is 9.59 Å². The van der Waals surface area contributed by atoms with Gasteiger partial charge in [0.25, 0.3) is 0 Å². The van der Waals surface area contributed by atoms with Crippen LogP contribution in [0.1, 0.15) is 31.0 Å². The van der Waals surface area contributed by atoms with Gasteiger partial charge in [-0.15, -0.1) is 0 Å². The van der Waals surface area contributed by atoms with Gasteiger partial charge in [-0.2, -0.15) is 0 Å². The number of anilines is 1. The molecule has 2 N–H and O–H groups in total. The van der Waals surface area contributed by atoms with Crippen molar-refractivity contribution in [3.05, 3.63) is 53.6 Å². The third kappa shape index (κ3) is 5.24. The predicted molar refractivity (Wildman–Crippen MR) is 101 cm³/mol. The van der Waals surface area contributed by atoms with Crippen molar-refractivity contribution in [1.29, 1.82) is 0 Å². The van der Waals surface area contributed by atoms with E-state index in [1.54, 1.807) is 26.4 Å². The molecule has 6 heteroatoms. The minimum absolute atomic E-state index is 0.102. The highest BCUT2D eigenvalue weighted by Gasteiger charge is 2.15. The molecule has 0 saturated carbocycles. The molecule has 0 aliphatic heterocycles. The van der Waals surface area contributed by atoms with E-state index in [4.69, 9.17) is 9.47 Å². The Morgan fingerprint density at radius 1 is 1.04 bits per heavy atom. The first-order chi connectivity index (χ1) is 12.4. The van der Waals surface area contributed by atoms with Crippen LogP contribution in [-0.4, -0.2) is 26.0 Å². The summed E-state index contributed by atoms with van der Waals surface area (Å²) < 4.78 is 10.6. The van der Waals surface area contributed by atoms with E-state index in [1.165, 1.54) is 6.92 Å². The molecular weight excluding hydrogens is 332 g/mol. The molecule has 0 spiro atoms. The maximum atomic E-state index is 12.4. The Kier molecular flexibility index (Phi) is 6.60. The molecule has 2 rings (SSSR count). The second kappa shape index (κ2) is 8.89. The van der Waals surface area contributed by atoms with Gasteiger partial charge in [0.1, 0.15) is 11.5 Å². The van der Waals surface area contributed by atoms with Crippen molar-refractivity contribution in [3.63, 3.8) is 0 Å². The van der Waals surface area contributed by atoms with Crippen LogP contribution in [0, 0.1) is 0 Å². The van der Waals surface area contributed by atoms with Gasteiger partial charge < -0.3 is 20.1 Å². The van der Waals surface area contributed by atoms with Crippen molar-refractivity contribution in [2.24, 2.45) is 0 Å². The van der Waals surface area contributed by atoms with Crippen molar-refractivity contribution in [1.82, 2.24) is 5.32 Å². The van der Waals surface area contributed by atoms with Crippen LogP contribution in [0.2, 0.25) is 0 Å². The first kappa shape index (κ1) is 19.3. The average Bonchev–Trinajstić information content (AvgIpc) is 2.62. The fourth-order valence-corrected chi connectivity index (χ4v) is 2.64. The van der Waals surface area contributed by atoms with Gasteiger partial charge in [0.2, 0.25) is 11.8 Å². The van der Waals surface area contributed by atoms with Crippen molar-refractivity contribution in [2.75, 3.05) is 19.5 Å². The van der Waals surface area contributed by atoms with E-state index < -0.39 is 0 Å². The molecule has 2 aromatic carbocycles. The summed E-state index contributed by atoms with van der Waals surface area (Å²) in [5, 5.41) is 5.67. The van der Waals surface area contributed by atoms with Gasteiger partial charge in [-0.1, -0.05) is 12.1 Å². The molecule has 1 atom stereocenters. The summed E-state index contributed by atoms with van der Waals surface area (Å²) in [6, 6.07) is 12.4.